The molecule has 90 valence electrons. The number of hydrogen-bond donors (Lipinski definition) is 2. The lowest BCUT2D eigenvalue weighted by atomic mass is 10.2. The molecule has 0 radical (unpaired) electrons. The number of aromatic nitrogens is 1. The Morgan fingerprint density at radius 1 is 1.59 bits per heavy atom. The number of hydrogen-bond acceptors (Lipinski definition) is 5. The predicted molar refractivity (Wildman–Crippen MR) is 65.4 cm³/mol. The van der Waals surface area contributed by atoms with E-state index in [1.54, 1.807) is 12.3 Å². The Kier molecular flexibility index (Phi) is 3.78. The second-order valence-corrected chi connectivity index (χ2v) is 4.18. The summed E-state index contributed by atoms with van der Waals surface area (Å²) in [7, 11) is 0. The molecule has 1 fully saturated rings. The SMILES string of the molecule is N#Cc1ccnc(NCCOCC2CC2)c1N. The lowest BCUT2D eigenvalue weighted by Gasteiger charge is -2.09. The molecule has 1 aliphatic carbocycles. The lowest BCUT2D eigenvalue weighted by molar-refractivity contribution is 0.134. The highest BCUT2D eigenvalue weighted by Crippen LogP contribution is 2.28. The van der Waals surface area contributed by atoms with Gasteiger partial charge in [-0.15, -0.1) is 0 Å². The van der Waals surface area contributed by atoms with Gasteiger partial charge in [-0.2, -0.15) is 5.26 Å². The maximum absolute atomic E-state index is 8.81. The van der Waals surface area contributed by atoms with E-state index in [0.717, 1.165) is 12.5 Å². The van der Waals surface area contributed by atoms with Gasteiger partial charge in [0.2, 0.25) is 0 Å². The van der Waals surface area contributed by atoms with Gasteiger partial charge in [0, 0.05) is 19.3 Å². The summed E-state index contributed by atoms with van der Waals surface area (Å²) in [6, 6.07) is 3.63. The molecular formula is C12H16N4O. The third kappa shape index (κ3) is 3.33. The molecule has 1 saturated carbocycles. The van der Waals surface area contributed by atoms with Crippen LogP contribution in [-0.4, -0.2) is 24.7 Å². The first-order valence-corrected chi connectivity index (χ1v) is 5.77. The molecule has 1 aromatic rings. The maximum Gasteiger partial charge on any atom is 0.150 e. The Hall–Kier alpha value is -1.80. The van der Waals surface area contributed by atoms with Gasteiger partial charge in [-0.25, -0.2) is 4.98 Å². The molecule has 0 spiro atoms. The molecule has 0 atom stereocenters. The van der Waals surface area contributed by atoms with Gasteiger partial charge in [0.05, 0.1) is 17.9 Å². The van der Waals surface area contributed by atoms with Crippen molar-refractivity contribution >= 4 is 11.5 Å². The number of anilines is 2. The highest BCUT2D eigenvalue weighted by atomic mass is 16.5. The standard InChI is InChI=1S/C12H16N4O/c13-7-10-3-4-15-12(11(10)14)16-5-6-17-8-9-1-2-9/h3-4,9H,1-2,5-6,8,14H2,(H,15,16). The van der Waals surface area contributed by atoms with Crippen molar-refractivity contribution in [3.05, 3.63) is 17.8 Å². The first kappa shape index (κ1) is 11.7. The van der Waals surface area contributed by atoms with Crippen LogP contribution in [-0.2, 0) is 4.74 Å². The van der Waals surface area contributed by atoms with Crippen molar-refractivity contribution in [2.45, 2.75) is 12.8 Å². The normalized spacial score (nSPS) is 14.3. The Bertz CT molecular complexity index is 423. The number of nitrogens with one attached hydrogen (secondary N) is 1. The summed E-state index contributed by atoms with van der Waals surface area (Å²) >= 11 is 0. The largest absolute Gasteiger partial charge is 0.395 e. The zero-order valence-corrected chi connectivity index (χ0v) is 9.65. The summed E-state index contributed by atoms with van der Waals surface area (Å²) < 4.78 is 5.48. The monoisotopic (exact) mass is 232 g/mol. The van der Waals surface area contributed by atoms with Crippen molar-refractivity contribution < 1.29 is 4.74 Å². The molecule has 0 bridgehead atoms. The van der Waals surface area contributed by atoms with E-state index in [1.807, 2.05) is 6.07 Å². The number of nitrogen functional groups attached to an aromatic ring is 1. The van der Waals surface area contributed by atoms with E-state index >= 15 is 0 Å². The molecule has 17 heavy (non-hydrogen) atoms. The summed E-state index contributed by atoms with van der Waals surface area (Å²) in [4.78, 5) is 4.09. The van der Waals surface area contributed by atoms with Crippen LogP contribution >= 0.6 is 0 Å². The first-order valence-electron chi connectivity index (χ1n) is 5.77. The molecule has 3 N–H and O–H groups in total. The molecule has 0 aliphatic heterocycles. The fourth-order valence-electron chi connectivity index (χ4n) is 1.49. The van der Waals surface area contributed by atoms with E-state index < -0.39 is 0 Å². The van der Waals surface area contributed by atoms with E-state index in [1.165, 1.54) is 12.8 Å². The number of ether oxygens (including phenoxy) is 1. The number of nitrogens with two attached hydrogens (primary N) is 1. The fraction of sp³-hybridized carbons (Fsp3) is 0.500. The van der Waals surface area contributed by atoms with Gasteiger partial charge >= 0.3 is 0 Å². The Labute approximate surface area is 101 Å². The van der Waals surface area contributed by atoms with Crippen molar-refractivity contribution in [1.29, 1.82) is 5.26 Å². The fourth-order valence-corrected chi connectivity index (χ4v) is 1.49. The molecule has 2 rings (SSSR count). The van der Waals surface area contributed by atoms with Crippen molar-refractivity contribution in [1.82, 2.24) is 4.98 Å². The van der Waals surface area contributed by atoms with Crippen molar-refractivity contribution in [3.63, 3.8) is 0 Å². The summed E-state index contributed by atoms with van der Waals surface area (Å²) in [5.41, 5.74) is 6.62. The highest BCUT2D eigenvalue weighted by Gasteiger charge is 2.20. The van der Waals surface area contributed by atoms with Crippen molar-refractivity contribution in [2.75, 3.05) is 30.8 Å². The second-order valence-electron chi connectivity index (χ2n) is 4.18. The average molecular weight is 232 g/mol. The van der Waals surface area contributed by atoms with E-state index in [-0.39, 0.29) is 0 Å². The Morgan fingerprint density at radius 2 is 2.41 bits per heavy atom. The van der Waals surface area contributed by atoms with Crippen molar-refractivity contribution in [2.24, 2.45) is 5.92 Å². The smallest absolute Gasteiger partial charge is 0.150 e. The van der Waals surface area contributed by atoms with Gasteiger partial charge in [0.1, 0.15) is 6.07 Å². The van der Waals surface area contributed by atoms with E-state index in [0.29, 0.717) is 30.2 Å². The molecule has 1 aliphatic rings. The van der Waals surface area contributed by atoms with Crippen molar-refractivity contribution in [3.8, 4) is 6.07 Å². The van der Waals surface area contributed by atoms with Crippen LogP contribution in [0.25, 0.3) is 0 Å². The minimum absolute atomic E-state index is 0.400. The van der Waals surface area contributed by atoms with Crippen LogP contribution in [0.4, 0.5) is 11.5 Å². The van der Waals surface area contributed by atoms with Gasteiger partial charge in [0.15, 0.2) is 5.82 Å². The number of nitrogens with zero attached hydrogens (tertiary/aromatic N) is 2. The quantitative estimate of drug-likeness (QED) is 0.724. The van der Waals surface area contributed by atoms with Gasteiger partial charge in [-0.3, -0.25) is 0 Å². The van der Waals surface area contributed by atoms with Gasteiger partial charge in [-0.05, 0) is 24.8 Å². The predicted octanol–water partition coefficient (Wildman–Crippen LogP) is 1.37. The van der Waals surface area contributed by atoms with Gasteiger partial charge in [0.25, 0.3) is 0 Å². The number of pyridine rings is 1. The summed E-state index contributed by atoms with van der Waals surface area (Å²) in [5, 5.41) is 11.9. The van der Waals surface area contributed by atoms with Crippen LogP contribution < -0.4 is 11.1 Å². The van der Waals surface area contributed by atoms with Crippen LogP contribution in [0.5, 0.6) is 0 Å². The van der Waals surface area contributed by atoms with E-state index in [9.17, 15) is 0 Å². The summed E-state index contributed by atoms with van der Waals surface area (Å²) in [5.74, 6) is 1.33. The molecule has 5 heteroatoms. The first-order chi connectivity index (χ1) is 8.31. The molecule has 1 aromatic heterocycles. The van der Waals surface area contributed by atoms with Crippen LogP contribution in [0.1, 0.15) is 18.4 Å². The van der Waals surface area contributed by atoms with E-state index in [2.05, 4.69) is 10.3 Å². The molecule has 0 aromatic carbocycles. The van der Waals surface area contributed by atoms with Gasteiger partial charge < -0.3 is 15.8 Å². The number of nitriles is 1. The molecular weight excluding hydrogens is 216 g/mol. The van der Waals surface area contributed by atoms with Crippen LogP contribution in [0.15, 0.2) is 12.3 Å². The molecule has 0 unspecified atom stereocenters. The summed E-state index contributed by atoms with van der Waals surface area (Å²) in [6.07, 6.45) is 4.17. The zero-order chi connectivity index (χ0) is 12.1. The van der Waals surface area contributed by atoms with Crippen LogP contribution in [0.2, 0.25) is 0 Å². The maximum atomic E-state index is 8.81. The minimum atomic E-state index is 0.400. The third-order valence-corrected chi connectivity index (χ3v) is 2.70. The molecule has 0 amide bonds. The molecule has 0 saturated heterocycles. The summed E-state index contributed by atoms with van der Waals surface area (Å²) in [6.45, 7) is 2.13. The zero-order valence-electron chi connectivity index (χ0n) is 9.65. The van der Waals surface area contributed by atoms with Crippen LogP contribution in [0, 0.1) is 17.2 Å². The minimum Gasteiger partial charge on any atom is -0.395 e. The average Bonchev–Trinajstić information content (AvgIpc) is 3.15. The highest BCUT2D eigenvalue weighted by molar-refractivity contribution is 5.68. The second kappa shape index (κ2) is 5.51. The van der Waals surface area contributed by atoms with Crippen LogP contribution in [0.3, 0.4) is 0 Å². The topological polar surface area (TPSA) is 84.0 Å². The Balaban J connectivity index is 1.75. The van der Waals surface area contributed by atoms with E-state index in [4.69, 9.17) is 15.7 Å². The van der Waals surface area contributed by atoms with Gasteiger partial charge in [-0.1, -0.05) is 0 Å². The lowest BCUT2D eigenvalue weighted by Crippen LogP contribution is -2.13. The Morgan fingerprint density at radius 3 is 3.12 bits per heavy atom. The number of rotatable bonds is 6. The molecule has 1 heterocycles. The molecule has 5 nitrogen and oxygen atoms in total. The third-order valence-electron chi connectivity index (χ3n) is 2.70.